The number of hydrogen-bond acceptors (Lipinski definition) is 5. The van der Waals surface area contributed by atoms with Crippen molar-refractivity contribution in [2.24, 2.45) is 4.99 Å². The van der Waals surface area contributed by atoms with Crippen LogP contribution in [0.3, 0.4) is 0 Å². The van der Waals surface area contributed by atoms with Crippen LogP contribution in [0.4, 0.5) is 10.1 Å². The topological polar surface area (TPSA) is 81.8 Å². The zero-order chi connectivity index (χ0) is 18.7. The Labute approximate surface area is 152 Å². The van der Waals surface area contributed by atoms with Crippen molar-refractivity contribution in [2.75, 3.05) is 0 Å². The second kappa shape index (κ2) is 7.28. The van der Waals surface area contributed by atoms with Crippen LogP contribution in [0.5, 0.6) is 0 Å². The number of nitro groups is 1. The summed E-state index contributed by atoms with van der Waals surface area (Å²) in [4.78, 5) is 26.0. The van der Waals surface area contributed by atoms with E-state index in [1.165, 1.54) is 42.5 Å². The number of nitro benzene ring substituents is 1. The summed E-state index contributed by atoms with van der Waals surface area (Å²) < 4.78 is 18.8. The van der Waals surface area contributed by atoms with Crippen molar-refractivity contribution in [3.05, 3.63) is 86.3 Å². The van der Waals surface area contributed by atoms with Gasteiger partial charge < -0.3 is 4.74 Å². The van der Waals surface area contributed by atoms with Gasteiger partial charge in [-0.1, -0.05) is 17.7 Å². The van der Waals surface area contributed by atoms with Crippen molar-refractivity contribution >= 4 is 41.3 Å². The van der Waals surface area contributed by atoms with E-state index in [0.717, 1.165) is 0 Å². The quantitative estimate of drug-likeness (QED) is 0.345. The van der Waals surface area contributed by atoms with E-state index in [2.05, 4.69) is 4.99 Å². The molecule has 0 N–H and O–H groups in total. The van der Waals surface area contributed by atoms with Gasteiger partial charge in [0.2, 0.25) is 5.90 Å². The fourth-order valence-electron chi connectivity index (χ4n) is 2.16. The number of carbonyl (C=O) groups is 1. The molecule has 1 heterocycles. The van der Waals surface area contributed by atoms with Gasteiger partial charge in [0.05, 0.1) is 9.95 Å². The van der Waals surface area contributed by atoms with Gasteiger partial charge in [0.15, 0.2) is 5.70 Å². The summed E-state index contributed by atoms with van der Waals surface area (Å²) >= 11 is 5.92. The molecule has 0 bridgehead atoms. The first-order chi connectivity index (χ1) is 12.4. The third-order valence-electron chi connectivity index (χ3n) is 3.44. The minimum absolute atomic E-state index is 0.0204. The molecule has 2 aromatic carbocycles. The fourth-order valence-corrected chi connectivity index (χ4v) is 2.37. The first-order valence-corrected chi connectivity index (χ1v) is 7.71. The molecule has 26 heavy (non-hydrogen) atoms. The molecule has 0 aromatic heterocycles. The fraction of sp³-hybridized carbons (Fsp3) is 0. The van der Waals surface area contributed by atoms with Crippen LogP contribution in [0, 0.1) is 15.9 Å². The number of cyclic esters (lactones) is 1. The minimum atomic E-state index is -0.729. The van der Waals surface area contributed by atoms with Crippen LogP contribution in [0.25, 0.3) is 12.2 Å². The summed E-state index contributed by atoms with van der Waals surface area (Å²) in [5.74, 6) is -1.29. The molecule has 0 radical (unpaired) electrons. The molecule has 0 atom stereocenters. The number of aliphatic imine (C=N–C) groups is 1. The van der Waals surface area contributed by atoms with Crippen molar-refractivity contribution in [2.45, 2.75) is 0 Å². The maximum atomic E-state index is 13.8. The van der Waals surface area contributed by atoms with Crippen molar-refractivity contribution < 1.29 is 18.8 Å². The van der Waals surface area contributed by atoms with Crippen LogP contribution in [-0.2, 0) is 9.53 Å². The van der Waals surface area contributed by atoms with Gasteiger partial charge in [-0.2, -0.15) is 0 Å². The van der Waals surface area contributed by atoms with E-state index in [0.29, 0.717) is 5.56 Å². The number of non-ortho nitro benzene ring substituents is 1. The smallest absolute Gasteiger partial charge is 0.363 e. The summed E-state index contributed by atoms with van der Waals surface area (Å²) in [5, 5.41) is 10.8. The summed E-state index contributed by atoms with van der Waals surface area (Å²) in [6, 6.07) is 9.97. The Morgan fingerprint density at radius 3 is 2.54 bits per heavy atom. The lowest BCUT2D eigenvalue weighted by Crippen LogP contribution is -2.01. The number of rotatable bonds is 4. The highest BCUT2D eigenvalue weighted by Gasteiger charge is 2.22. The van der Waals surface area contributed by atoms with E-state index in [1.807, 2.05) is 0 Å². The second-order valence-corrected chi connectivity index (χ2v) is 5.59. The molecule has 0 spiro atoms. The molecule has 0 amide bonds. The monoisotopic (exact) mass is 372 g/mol. The standard InChI is InChI=1S/C18H10ClFN2O4/c19-14-2-1-3-15(20)13(14)10-16-18(23)26-17(21-16)9-6-11-4-7-12(8-5-11)22(24)25/h1-10H. The van der Waals surface area contributed by atoms with Crippen LogP contribution < -0.4 is 0 Å². The third kappa shape index (κ3) is 3.84. The predicted octanol–water partition coefficient (Wildman–Crippen LogP) is 4.40. The van der Waals surface area contributed by atoms with Crippen molar-refractivity contribution in [1.29, 1.82) is 0 Å². The average molecular weight is 373 g/mol. The Bertz CT molecular complexity index is 961. The van der Waals surface area contributed by atoms with Gasteiger partial charge in [0.1, 0.15) is 5.82 Å². The van der Waals surface area contributed by atoms with E-state index in [-0.39, 0.29) is 27.9 Å². The summed E-state index contributed by atoms with van der Waals surface area (Å²) in [7, 11) is 0. The number of hydrogen-bond donors (Lipinski definition) is 0. The number of esters is 1. The largest absolute Gasteiger partial charge is 0.403 e. The molecule has 8 heteroatoms. The van der Waals surface area contributed by atoms with Crippen LogP contribution in [0.2, 0.25) is 5.02 Å². The molecule has 1 aliphatic heterocycles. The molecule has 0 aliphatic carbocycles. The molecule has 0 unspecified atom stereocenters. The second-order valence-electron chi connectivity index (χ2n) is 5.19. The van der Waals surface area contributed by atoms with E-state index >= 15 is 0 Å². The third-order valence-corrected chi connectivity index (χ3v) is 3.77. The number of nitrogens with zero attached hydrogens (tertiary/aromatic N) is 2. The average Bonchev–Trinajstić information content (AvgIpc) is 2.96. The van der Waals surface area contributed by atoms with Gasteiger partial charge in [0.25, 0.3) is 5.69 Å². The van der Waals surface area contributed by atoms with E-state index in [1.54, 1.807) is 18.2 Å². The summed E-state index contributed by atoms with van der Waals surface area (Å²) in [6.45, 7) is 0. The van der Waals surface area contributed by atoms with E-state index < -0.39 is 16.7 Å². The van der Waals surface area contributed by atoms with Crippen molar-refractivity contribution in [3.8, 4) is 0 Å². The van der Waals surface area contributed by atoms with E-state index in [4.69, 9.17) is 16.3 Å². The van der Waals surface area contributed by atoms with Crippen LogP contribution in [0.15, 0.2) is 59.2 Å². The Morgan fingerprint density at radius 2 is 1.88 bits per heavy atom. The highest BCUT2D eigenvalue weighted by atomic mass is 35.5. The molecular weight excluding hydrogens is 363 g/mol. The normalized spacial score (nSPS) is 15.4. The number of carbonyl (C=O) groups excluding carboxylic acids is 1. The van der Waals surface area contributed by atoms with Gasteiger partial charge >= 0.3 is 5.97 Å². The highest BCUT2D eigenvalue weighted by molar-refractivity contribution is 6.32. The van der Waals surface area contributed by atoms with Crippen LogP contribution in [0.1, 0.15) is 11.1 Å². The maximum absolute atomic E-state index is 13.8. The number of ether oxygens (including phenoxy) is 1. The minimum Gasteiger partial charge on any atom is -0.403 e. The SMILES string of the molecule is O=C1OC(C=Cc2ccc([N+](=O)[O-])cc2)=NC1=Cc1c(F)cccc1Cl. The Hall–Kier alpha value is -3.32. The van der Waals surface area contributed by atoms with Gasteiger partial charge in [-0.05, 0) is 42.0 Å². The molecule has 130 valence electrons. The predicted molar refractivity (Wildman–Crippen MR) is 95.0 cm³/mol. The highest BCUT2D eigenvalue weighted by Crippen LogP contribution is 2.24. The van der Waals surface area contributed by atoms with Crippen LogP contribution in [-0.4, -0.2) is 16.8 Å². The zero-order valence-corrected chi connectivity index (χ0v) is 13.8. The van der Waals surface area contributed by atoms with Crippen molar-refractivity contribution in [1.82, 2.24) is 0 Å². The Kier molecular flexibility index (Phi) is 4.90. The first-order valence-electron chi connectivity index (χ1n) is 7.33. The first kappa shape index (κ1) is 17.5. The Balaban J connectivity index is 1.82. The molecule has 3 rings (SSSR count). The Morgan fingerprint density at radius 1 is 1.15 bits per heavy atom. The molecule has 2 aromatic rings. The van der Waals surface area contributed by atoms with E-state index in [9.17, 15) is 19.3 Å². The lowest BCUT2D eigenvalue weighted by Gasteiger charge is -1.99. The van der Waals surface area contributed by atoms with Gasteiger partial charge in [0, 0.05) is 23.8 Å². The lowest BCUT2D eigenvalue weighted by atomic mass is 10.2. The van der Waals surface area contributed by atoms with Gasteiger partial charge in [-0.15, -0.1) is 0 Å². The number of halogens is 2. The number of benzene rings is 2. The molecular formula is C18H10ClFN2O4. The molecule has 1 aliphatic rings. The molecule has 0 saturated heterocycles. The zero-order valence-electron chi connectivity index (χ0n) is 13.1. The lowest BCUT2D eigenvalue weighted by molar-refractivity contribution is -0.384. The van der Waals surface area contributed by atoms with Crippen LogP contribution >= 0.6 is 11.6 Å². The van der Waals surface area contributed by atoms with Gasteiger partial charge in [-0.25, -0.2) is 14.2 Å². The summed E-state index contributed by atoms with van der Waals surface area (Å²) in [6.07, 6.45) is 4.23. The molecule has 0 fully saturated rings. The van der Waals surface area contributed by atoms with Crippen molar-refractivity contribution in [3.63, 3.8) is 0 Å². The molecule has 6 nitrogen and oxygen atoms in total. The van der Waals surface area contributed by atoms with Gasteiger partial charge in [-0.3, -0.25) is 10.1 Å². The summed E-state index contributed by atoms with van der Waals surface area (Å²) in [5.41, 5.74) is 0.591. The maximum Gasteiger partial charge on any atom is 0.363 e. The molecule has 0 saturated carbocycles.